The Morgan fingerprint density at radius 3 is 2.75 bits per heavy atom. The number of hydrogen-bond donors (Lipinski definition) is 2. The van der Waals surface area contributed by atoms with Crippen molar-refractivity contribution in [2.24, 2.45) is 5.41 Å². The first kappa shape index (κ1) is 13.4. The predicted octanol–water partition coefficient (Wildman–Crippen LogP) is 0.519. The van der Waals surface area contributed by atoms with Crippen LogP contribution in [0.3, 0.4) is 0 Å². The maximum absolute atomic E-state index is 13.7. The third kappa shape index (κ3) is 1.55. The third-order valence-electron chi connectivity index (χ3n) is 4.24. The molecule has 20 heavy (non-hydrogen) atoms. The van der Waals surface area contributed by atoms with E-state index in [1.54, 1.807) is 6.92 Å². The van der Waals surface area contributed by atoms with Crippen LogP contribution in [0.25, 0.3) is 0 Å². The molecule has 2 heterocycles. The number of aromatic nitrogens is 2. The van der Waals surface area contributed by atoms with E-state index in [0.717, 1.165) is 4.57 Å². The van der Waals surface area contributed by atoms with Crippen molar-refractivity contribution in [1.82, 2.24) is 9.55 Å². The minimum absolute atomic E-state index is 0.0252. The molecule has 3 rings (SSSR count). The summed E-state index contributed by atoms with van der Waals surface area (Å²) in [5.41, 5.74) is 3.05. The van der Waals surface area contributed by atoms with Crippen LogP contribution in [0.5, 0.6) is 0 Å². The van der Waals surface area contributed by atoms with Gasteiger partial charge in [0, 0.05) is 12.6 Å². The molecule has 8 heteroatoms. The molecule has 1 saturated heterocycles. The van der Waals surface area contributed by atoms with Crippen LogP contribution in [0.2, 0.25) is 0 Å². The molecule has 1 aromatic heterocycles. The first-order valence-corrected chi connectivity index (χ1v) is 6.39. The Balaban J connectivity index is 1.99. The molecule has 1 saturated carbocycles. The monoisotopic (exact) mass is 287 g/mol. The number of alkyl halides is 2. The van der Waals surface area contributed by atoms with E-state index in [1.165, 1.54) is 12.3 Å². The average Bonchev–Trinajstić information content (AvgIpc) is 2.84. The molecule has 0 amide bonds. The number of nitrogen functional groups attached to an aromatic ring is 1. The average molecular weight is 287 g/mol. The fourth-order valence-electron chi connectivity index (χ4n) is 3.10. The van der Waals surface area contributed by atoms with Crippen molar-refractivity contribution in [3.8, 4) is 0 Å². The van der Waals surface area contributed by atoms with E-state index in [4.69, 9.17) is 10.5 Å². The summed E-state index contributed by atoms with van der Waals surface area (Å²) in [6, 6.07) is 1.36. The lowest BCUT2D eigenvalue weighted by molar-refractivity contribution is -0.0403. The van der Waals surface area contributed by atoms with Gasteiger partial charge in [-0.15, -0.1) is 0 Å². The number of nitrogens with two attached hydrogens (primary N) is 1. The number of rotatable bonds is 2. The Hall–Kier alpha value is -1.54. The van der Waals surface area contributed by atoms with E-state index in [2.05, 4.69) is 4.98 Å². The standard InChI is InChI=1S/C12H15F2N3O3/c1-2-6-11(5-12(11,13)14)8(18)9(20-6)17-4-3-7(15)16-10(17)19/h3-4,6,8-9,18H,2,5H2,1H3,(H2,15,16,19)/t6-,8+,9-,11?/m1/s1. The molecule has 0 aromatic carbocycles. The van der Waals surface area contributed by atoms with E-state index in [0.29, 0.717) is 6.42 Å². The largest absolute Gasteiger partial charge is 0.387 e. The van der Waals surface area contributed by atoms with Crippen LogP contribution in [-0.2, 0) is 4.74 Å². The quantitative estimate of drug-likeness (QED) is 0.827. The van der Waals surface area contributed by atoms with Crippen molar-refractivity contribution in [2.45, 2.75) is 44.1 Å². The van der Waals surface area contributed by atoms with Crippen molar-refractivity contribution >= 4 is 5.82 Å². The van der Waals surface area contributed by atoms with Crippen LogP contribution in [-0.4, -0.2) is 32.8 Å². The van der Waals surface area contributed by atoms with Crippen molar-refractivity contribution in [3.05, 3.63) is 22.7 Å². The SMILES string of the molecule is CC[C@H]1O[C@@H](n2ccc(N)nc2=O)[C@H](O)C12CC2(F)F. The van der Waals surface area contributed by atoms with Gasteiger partial charge in [-0.3, -0.25) is 4.57 Å². The molecule has 2 aliphatic rings. The van der Waals surface area contributed by atoms with Crippen molar-refractivity contribution < 1.29 is 18.6 Å². The first-order chi connectivity index (χ1) is 9.33. The van der Waals surface area contributed by atoms with Crippen LogP contribution >= 0.6 is 0 Å². The maximum Gasteiger partial charge on any atom is 0.351 e. The Kier molecular flexibility index (Phi) is 2.68. The molecule has 1 spiro atoms. The first-order valence-electron chi connectivity index (χ1n) is 6.39. The summed E-state index contributed by atoms with van der Waals surface area (Å²) in [6.07, 6.45) is -2.19. The third-order valence-corrected chi connectivity index (χ3v) is 4.24. The van der Waals surface area contributed by atoms with Crippen molar-refractivity contribution in [3.63, 3.8) is 0 Å². The van der Waals surface area contributed by atoms with Gasteiger partial charge in [0.05, 0.1) is 11.5 Å². The lowest BCUT2D eigenvalue weighted by atomic mass is 9.92. The number of anilines is 1. The molecular weight excluding hydrogens is 272 g/mol. The van der Waals surface area contributed by atoms with Crippen molar-refractivity contribution in [2.75, 3.05) is 5.73 Å². The Bertz CT molecular complexity index is 606. The highest BCUT2D eigenvalue weighted by Crippen LogP contribution is 2.70. The summed E-state index contributed by atoms with van der Waals surface area (Å²) in [6.45, 7) is 1.71. The number of aliphatic hydroxyl groups is 1. The molecule has 2 fully saturated rings. The van der Waals surface area contributed by atoms with Gasteiger partial charge in [0.25, 0.3) is 5.92 Å². The fraction of sp³-hybridized carbons (Fsp3) is 0.667. The molecule has 0 bridgehead atoms. The highest BCUT2D eigenvalue weighted by Gasteiger charge is 2.82. The molecule has 1 unspecified atom stereocenters. The minimum Gasteiger partial charge on any atom is -0.387 e. The number of halogens is 2. The van der Waals surface area contributed by atoms with Gasteiger partial charge in [0.1, 0.15) is 11.9 Å². The molecule has 1 aliphatic heterocycles. The van der Waals surface area contributed by atoms with Gasteiger partial charge in [-0.05, 0) is 12.5 Å². The predicted molar refractivity (Wildman–Crippen MR) is 65.1 cm³/mol. The Labute approximate surface area is 113 Å². The molecule has 1 aromatic rings. The van der Waals surface area contributed by atoms with Gasteiger partial charge >= 0.3 is 5.69 Å². The number of aliphatic hydroxyl groups excluding tert-OH is 1. The number of hydrogen-bond acceptors (Lipinski definition) is 5. The van der Waals surface area contributed by atoms with Gasteiger partial charge in [0.2, 0.25) is 0 Å². The Morgan fingerprint density at radius 2 is 2.30 bits per heavy atom. The van der Waals surface area contributed by atoms with Gasteiger partial charge in [-0.1, -0.05) is 6.92 Å². The highest BCUT2D eigenvalue weighted by atomic mass is 19.3. The summed E-state index contributed by atoms with van der Waals surface area (Å²) < 4.78 is 33.8. The van der Waals surface area contributed by atoms with E-state index >= 15 is 0 Å². The summed E-state index contributed by atoms with van der Waals surface area (Å²) >= 11 is 0. The summed E-state index contributed by atoms with van der Waals surface area (Å²) in [7, 11) is 0. The zero-order valence-corrected chi connectivity index (χ0v) is 10.8. The molecule has 4 atom stereocenters. The topological polar surface area (TPSA) is 90.4 Å². The van der Waals surface area contributed by atoms with Gasteiger partial charge in [-0.2, -0.15) is 4.98 Å². The van der Waals surface area contributed by atoms with E-state index in [9.17, 15) is 18.7 Å². The fourth-order valence-corrected chi connectivity index (χ4v) is 3.10. The lowest BCUT2D eigenvalue weighted by Crippen LogP contribution is -2.36. The van der Waals surface area contributed by atoms with E-state index in [-0.39, 0.29) is 5.82 Å². The maximum atomic E-state index is 13.7. The minimum atomic E-state index is -2.97. The molecule has 0 radical (unpaired) electrons. The van der Waals surface area contributed by atoms with Crippen molar-refractivity contribution in [1.29, 1.82) is 0 Å². The number of nitrogens with zero attached hydrogens (tertiary/aromatic N) is 2. The Morgan fingerprint density at radius 1 is 1.65 bits per heavy atom. The van der Waals surface area contributed by atoms with Crippen LogP contribution in [0.4, 0.5) is 14.6 Å². The van der Waals surface area contributed by atoms with E-state index < -0.39 is 41.9 Å². The second kappa shape index (κ2) is 3.98. The van der Waals surface area contributed by atoms with E-state index in [1.807, 2.05) is 0 Å². The van der Waals surface area contributed by atoms with Crippen LogP contribution in [0.1, 0.15) is 26.0 Å². The summed E-state index contributed by atoms with van der Waals surface area (Å²) in [4.78, 5) is 15.3. The van der Waals surface area contributed by atoms with Crippen LogP contribution in [0, 0.1) is 5.41 Å². The second-order valence-corrected chi connectivity index (χ2v) is 5.33. The lowest BCUT2D eigenvalue weighted by Gasteiger charge is -2.19. The summed E-state index contributed by atoms with van der Waals surface area (Å²) in [5, 5.41) is 10.2. The van der Waals surface area contributed by atoms with Gasteiger partial charge < -0.3 is 15.6 Å². The van der Waals surface area contributed by atoms with Gasteiger partial charge in [0.15, 0.2) is 6.23 Å². The molecule has 6 nitrogen and oxygen atoms in total. The zero-order chi connectivity index (χ0) is 14.7. The normalized spacial score (nSPS) is 38.3. The molecular formula is C12H15F2N3O3. The second-order valence-electron chi connectivity index (χ2n) is 5.33. The molecule has 110 valence electrons. The number of ether oxygens (including phenoxy) is 1. The van der Waals surface area contributed by atoms with Crippen LogP contribution < -0.4 is 11.4 Å². The smallest absolute Gasteiger partial charge is 0.351 e. The molecule has 1 aliphatic carbocycles. The van der Waals surface area contributed by atoms with Crippen LogP contribution in [0.15, 0.2) is 17.1 Å². The zero-order valence-electron chi connectivity index (χ0n) is 10.8. The molecule has 3 N–H and O–H groups in total. The van der Waals surface area contributed by atoms with Gasteiger partial charge in [-0.25, -0.2) is 13.6 Å². The highest BCUT2D eigenvalue weighted by molar-refractivity contribution is 5.25. The summed E-state index contributed by atoms with van der Waals surface area (Å²) in [5.74, 6) is -2.94.